The molecule has 0 spiro atoms. The van der Waals surface area contributed by atoms with Gasteiger partial charge in [-0.15, -0.1) is 0 Å². The predicted octanol–water partition coefficient (Wildman–Crippen LogP) is 1.24. The Bertz CT molecular complexity index is 178. The van der Waals surface area contributed by atoms with Crippen molar-refractivity contribution in [3.63, 3.8) is 0 Å². The molecule has 2 saturated heterocycles. The van der Waals surface area contributed by atoms with Gasteiger partial charge in [-0.05, 0) is 45.7 Å². The fourth-order valence-corrected chi connectivity index (χ4v) is 2.83. The molecule has 88 valence electrons. The number of nitrogens with zero attached hydrogens (tertiary/aromatic N) is 1. The van der Waals surface area contributed by atoms with Gasteiger partial charge in [0.25, 0.3) is 0 Å². The Morgan fingerprint density at radius 2 is 2.07 bits per heavy atom. The fourth-order valence-electron chi connectivity index (χ4n) is 2.83. The average molecular weight is 212 g/mol. The lowest BCUT2D eigenvalue weighted by Crippen LogP contribution is -2.48. The third-order valence-electron chi connectivity index (χ3n) is 3.80. The zero-order valence-corrected chi connectivity index (χ0v) is 9.87. The van der Waals surface area contributed by atoms with Crippen molar-refractivity contribution >= 4 is 0 Å². The van der Waals surface area contributed by atoms with E-state index >= 15 is 0 Å². The van der Waals surface area contributed by atoms with Crippen molar-refractivity contribution < 1.29 is 4.74 Å². The van der Waals surface area contributed by atoms with Crippen LogP contribution in [0.3, 0.4) is 0 Å². The molecule has 0 saturated carbocycles. The Kier molecular flexibility index (Phi) is 4.42. The van der Waals surface area contributed by atoms with E-state index in [1.54, 1.807) is 0 Å². The summed E-state index contributed by atoms with van der Waals surface area (Å²) in [7, 11) is 2.09. The number of hydrogen-bond acceptors (Lipinski definition) is 3. The van der Waals surface area contributed by atoms with Crippen molar-refractivity contribution in [1.29, 1.82) is 0 Å². The lowest BCUT2D eigenvalue weighted by Gasteiger charge is -2.37. The van der Waals surface area contributed by atoms with E-state index < -0.39 is 0 Å². The van der Waals surface area contributed by atoms with Gasteiger partial charge in [0.2, 0.25) is 0 Å². The summed E-state index contributed by atoms with van der Waals surface area (Å²) in [5.41, 5.74) is 0. The molecule has 2 heterocycles. The molecule has 1 N–H and O–H groups in total. The standard InChI is InChI=1S/C12H24N2O/c1-13-11-4-2-7-14(10-11)12-5-3-8-15-9-6-12/h11-13H,2-10H2,1H3. The molecule has 0 aromatic rings. The van der Waals surface area contributed by atoms with Gasteiger partial charge in [0.15, 0.2) is 0 Å². The number of likely N-dealkylation sites (N-methyl/N-ethyl adjacent to an activating group) is 1. The van der Waals surface area contributed by atoms with E-state index in [0.717, 1.165) is 19.3 Å². The van der Waals surface area contributed by atoms with Crippen LogP contribution in [0.5, 0.6) is 0 Å². The topological polar surface area (TPSA) is 24.5 Å². The van der Waals surface area contributed by atoms with E-state index in [0.29, 0.717) is 6.04 Å². The van der Waals surface area contributed by atoms with Crippen LogP contribution in [0.1, 0.15) is 32.1 Å². The van der Waals surface area contributed by atoms with Crippen LogP contribution >= 0.6 is 0 Å². The van der Waals surface area contributed by atoms with Crippen molar-refractivity contribution in [3.05, 3.63) is 0 Å². The second-order valence-electron chi connectivity index (χ2n) is 4.82. The number of rotatable bonds is 2. The Morgan fingerprint density at radius 3 is 2.93 bits per heavy atom. The van der Waals surface area contributed by atoms with Crippen molar-refractivity contribution in [1.82, 2.24) is 10.2 Å². The van der Waals surface area contributed by atoms with Gasteiger partial charge < -0.3 is 10.1 Å². The van der Waals surface area contributed by atoms with Crippen LogP contribution in [-0.4, -0.2) is 50.3 Å². The minimum absolute atomic E-state index is 0.711. The number of hydrogen-bond donors (Lipinski definition) is 1. The lowest BCUT2D eigenvalue weighted by atomic mass is 10.0. The van der Waals surface area contributed by atoms with E-state index in [4.69, 9.17) is 4.74 Å². The molecule has 0 radical (unpaired) electrons. The van der Waals surface area contributed by atoms with Gasteiger partial charge in [-0.2, -0.15) is 0 Å². The van der Waals surface area contributed by atoms with E-state index in [2.05, 4.69) is 17.3 Å². The Morgan fingerprint density at radius 1 is 1.13 bits per heavy atom. The summed E-state index contributed by atoms with van der Waals surface area (Å²) in [6, 6.07) is 1.49. The molecule has 3 heteroatoms. The van der Waals surface area contributed by atoms with Crippen LogP contribution in [0, 0.1) is 0 Å². The van der Waals surface area contributed by atoms with Crippen molar-refractivity contribution in [2.45, 2.75) is 44.2 Å². The summed E-state index contributed by atoms with van der Waals surface area (Å²) in [5, 5.41) is 3.42. The maximum Gasteiger partial charge on any atom is 0.0480 e. The normalized spacial score (nSPS) is 35.0. The quantitative estimate of drug-likeness (QED) is 0.745. The average Bonchev–Trinajstić information content (AvgIpc) is 2.58. The predicted molar refractivity (Wildman–Crippen MR) is 62.1 cm³/mol. The fraction of sp³-hybridized carbons (Fsp3) is 1.00. The van der Waals surface area contributed by atoms with Crippen LogP contribution in [0.2, 0.25) is 0 Å². The van der Waals surface area contributed by atoms with Crippen LogP contribution in [-0.2, 0) is 4.74 Å². The summed E-state index contributed by atoms with van der Waals surface area (Å²) >= 11 is 0. The summed E-state index contributed by atoms with van der Waals surface area (Å²) in [5.74, 6) is 0. The third kappa shape index (κ3) is 3.16. The van der Waals surface area contributed by atoms with E-state index in [1.165, 1.54) is 45.2 Å². The number of likely N-dealkylation sites (tertiary alicyclic amines) is 1. The molecule has 2 fully saturated rings. The summed E-state index contributed by atoms with van der Waals surface area (Å²) in [6.07, 6.45) is 6.50. The van der Waals surface area contributed by atoms with Crippen LogP contribution in [0.25, 0.3) is 0 Å². The number of nitrogens with one attached hydrogen (secondary N) is 1. The Balaban J connectivity index is 1.84. The second kappa shape index (κ2) is 5.83. The number of ether oxygens (including phenoxy) is 1. The molecule has 0 bridgehead atoms. The van der Waals surface area contributed by atoms with Gasteiger partial charge in [0.05, 0.1) is 0 Å². The zero-order valence-electron chi connectivity index (χ0n) is 9.87. The summed E-state index contributed by atoms with van der Waals surface area (Å²) in [6.45, 7) is 4.47. The second-order valence-corrected chi connectivity index (χ2v) is 4.82. The molecule has 2 atom stereocenters. The van der Waals surface area contributed by atoms with Gasteiger partial charge in [0.1, 0.15) is 0 Å². The SMILES string of the molecule is CNC1CCCN(C2CCCOCC2)C1. The molecule has 2 aliphatic rings. The molecule has 2 aliphatic heterocycles. The van der Waals surface area contributed by atoms with E-state index in [-0.39, 0.29) is 0 Å². The molecule has 0 aromatic heterocycles. The molecule has 0 aromatic carbocycles. The van der Waals surface area contributed by atoms with Gasteiger partial charge >= 0.3 is 0 Å². The minimum Gasteiger partial charge on any atom is -0.381 e. The first-order valence-corrected chi connectivity index (χ1v) is 6.39. The zero-order chi connectivity index (χ0) is 10.5. The van der Waals surface area contributed by atoms with Crippen LogP contribution in [0.15, 0.2) is 0 Å². The third-order valence-corrected chi connectivity index (χ3v) is 3.80. The largest absolute Gasteiger partial charge is 0.381 e. The molecule has 2 rings (SSSR count). The van der Waals surface area contributed by atoms with Crippen LogP contribution < -0.4 is 5.32 Å². The minimum atomic E-state index is 0.711. The molecule has 0 aliphatic carbocycles. The highest BCUT2D eigenvalue weighted by Gasteiger charge is 2.25. The van der Waals surface area contributed by atoms with Gasteiger partial charge in [-0.25, -0.2) is 0 Å². The first kappa shape index (κ1) is 11.4. The smallest absolute Gasteiger partial charge is 0.0480 e. The molecule has 0 amide bonds. The van der Waals surface area contributed by atoms with E-state index in [9.17, 15) is 0 Å². The maximum absolute atomic E-state index is 5.53. The first-order chi connectivity index (χ1) is 7.40. The van der Waals surface area contributed by atoms with Gasteiger partial charge in [-0.1, -0.05) is 0 Å². The molecule has 15 heavy (non-hydrogen) atoms. The van der Waals surface area contributed by atoms with Crippen LogP contribution in [0.4, 0.5) is 0 Å². The Hall–Kier alpha value is -0.120. The molecule has 3 nitrogen and oxygen atoms in total. The van der Waals surface area contributed by atoms with Crippen molar-refractivity contribution in [2.24, 2.45) is 0 Å². The van der Waals surface area contributed by atoms with Gasteiger partial charge in [-0.3, -0.25) is 4.90 Å². The molecule has 2 unspecified atom stereocenters. The number of piperidine rings is 1. The highest BCUT2D eigenvalue weighted by Crippen LogP contribution is 2.20. The van der Waals surface area contributed by atoms with E-state index in [1.807, 2.05) is 0 Å². The highest BCUT2D eigenvalue weighted by molar-refractivity contribution is 4.82. The van der Waals surface area contributed by atoms with Crippen molar-refractivity contribution in [2.75, 3.05) is 33.4 Å². The highest BCUT2D eigenvalue weighted by atomic mass is 16.5. The first-order valence-electron chi connectivity index (χ1n) is 6.39. The molecular weight excluding hydrogens is 188 g/mol. The Labute approximate surface area is 93.2 Å². The summed E-state index contributed by atoms with van der Waals surface area (Å²) < 4.78 is 5.53. The molecular formula is C12H24N2O. The van der Waals surface area contributed by atoms with Gasteiger partial charge in [0, 0.05) is 31.8 Å². The maximum atomic E-state index is 5.53. The van der Waals surface area contributed by atoms with Crippen molar-refractivity contribution in [3.8, 4) is 0 Å². The monoisotopic (exact) mass is 212 g/mol. The lowest BCUT2D eigenvalue weighted by molar-refractivity contribution is 0.110. The summed E-state index contributed by atoms with van der Waals surface area (Å²) in [4.78, 5) is 2.68.